The molecule has 102 valence electrons. The average molecular weight is 268 g/mol. The predicted octanol–water partition coefficient (Wildman–Crippen LogP) is 2.65. The summed E-state index contributed by atoms with van der Waals surface area (Å²) in [6, 6.07) is 12.0. The fraction of sp³-hybridized carbons (Fsp3) is 0.125. The van der Waals surface area contributed by atoms with Crippen molar-refractivity contribution >= 4 is 17.5 Å². The van der Waals surface area contributed by atoms with Gasteiger partial charge in [-0.15, -0.1) is 0 Å². The number of aryl methyl sites for hydroxylation is 2. The summed E-state index contributed by atoms with van der Waals surface area (Å²) in [5.41, 5.74) is 9.06. The second kappa shape index (κ2) is 5.57. The zero-order chi connectivity index (χ0) is 14.7. The summed E-state index contributed by atoms with van der Waals surface area (Å²) in [6.07, 6.45) is 0. The van der Waals surface area contributed by atoms with Gasteiger partial charge in [-0.25, -0.2) is 0 Å². The first-order valence-electron chi connectivity index (χ1n) is 6.26. The van der Waals surface area contributed by atoms with E-state index in [9.17, 15) is 9.59 Å². The number of hydrogen-bond acceptors (Lipinski definition) is 2. The van der Waals surface area contributed by atoms with Gasteiger partial charge in [0.05, 0.1) is 0 Å². The Morgan fingerprint density at radius 3 is 2.05 bits per heavy atom. The fourth-order valence-corrected chi connectivity index (χ4v) is 1.81. The van der Waals surface area contributed by atoms with Gasteiger partial charge in [0.1, 0.15) is 0 Å². The Hall–Kier alpha value is -2.62. The summed E-state index contributed by atoms with van der Waals surface area (Å²) in [6.45, 7) is 4.01. The standard InChI is InChI=1S/C16H16N2O2/c1-10-3-8-14(9-11(10)2)18-16(20)13-6-4-12(5-7-13)15(17)19/h3-9H,1-2H3,(H2,17,19)(H,18,20). The number of carbonyl (C=O) groups is 2. The van der Waals surface area contributed by atoms with Crippen LogP contribution in [0.2, 0.25) is 0 Å². The van der Waals surface area contributed by atoms with Gasteiger partial charge in [-0.05, 0) is 61.4 Å². The maximum Gasteiger partial charge on any atom is 0.255 e. The van der Waals surface area contributed by atoms with Crippen LogP contribution >= 0.6 is 0 Å². The van der Waals surface area contributed by atoms with E-state index < -0.39 is 5.91 Å². The SMILES string of the molecule is Cc1ccc(NC(=O)c2ccc(C(N)=O)cc2)cc1C. The van der Waals surface area contributed by atoms with Crippen molar-refractivity contribution in [3.8, 4) is 0 Å². The molecule has 2 rings (SSSR count). The lowest BCUT2D eigenvalue weighted by atomic mass is 10.1. The molecule has 0 fully saturated rings. The summed E-state index contributed by atoms with van der Waals surface area (Å²) in [7, 11) is 0. The fourth-order valence-electron chi connectivity index (χ4n) is 1.81. The molecule has 20 heavy (non-hydrogen) atoms. The smallest absolute Gasteiger partial charge is 0.255 e. The van der Waals surface area contributed by atoms with Crippen LogP contribution in [0.1, 0.15) is 31.8 Å². The highest BCUT2D eigenvalue weighted by molar-refractivity contribution is 6.05. The van der Waals surface area contributed by atoms with Gasteiger partial charge in [0.25, 0.3) is 5.91 Å². The monoisotopic (exact) mass is 268 g/mol. The number of anilines is 1. The molecule has 0 aliphatic carbocycles. The summed E-state index contributed by atoms with van der Waals surface area (Å²) >= 11 is 0. The zero-order valence-electron chi connectivity index (χ0n) is 11.4. The minimum absolute atomic E-state index is 0.218. The molecule has 0 bridgehead atoms. The Balaban J connectivity index is 2.15. The predicted molar refractivity (Wildman–Crippen MR) is 78.8 cm³/mol. The third kappa shape index (κ3) is 3.03. The Morgan fingerprint density at radius 2 is 1.50 bits per heavy atom. The molecule has 0 radical (unpaired) electrons. The largest absolute Gasteiger partial charge is 0.366 e. The quantitative estimate of drug-likeness (QED) is 0.898. The molecule has 0 atom stereocenters. The van der Waals surface area contributed by atoms with Crippen molar-refractivity contribution < 1.29 is 9.59 Å². The maximum absolute atomic E-state index is 12.1. The van der Waals surface area contributed by atoms with Crippen LogP contribution in [-0.2, 0) is 0 Å². The van der Waals surface area contributed by atoms with Gasteiger partial charge in [0.2, 0.25) is 5.91 Å². The molecule has 2 aromatic carbocycles. The number of nitrogens with two attached hydrogens (primary N) is 1. The van der Waals surface area contributed by atoms with Gasteiger partial charge in [0.15, 0.2) is 0 Å². The Morgan fingerprint density at radius 1 is 0.900 bits per heavy atom. The summed E-state index contributed by atoms with van der Waals surface area (Å²) in [5, 5.41) is 2.82. The number of primary amides is 1. The van der Waals surface area contributed by atoms with E-state index >= 15 is 0 Å². The van der Waals surface area contributed by atoms with Gasteiger partial charge in [-0.2, -0.15) is 0 Å². The van der Waals surface area contributed by atoms with Gasteiger partial charge in [0, 0.05) is 16.8 Å². The lowest BCUT2D eigenvalue weighted by Crippen LogP contribution is -2.14. The highest BCUT2D eigenvalue weighted by atomic mass is 16.2. The Labute approximate surface area is 117 Å². The molecule has 2 amide bonds. The van der Waals surface area contributed by atoms with E-state index in [2.05, 4.69) is 5.32 Å². The van der Waals surface area contributed by atoms with Gasteiger partial charge >= 0.3 is 0 Å². The topological polar surface area (TPSA) is 72.2 Å². The zero-order valence-corrected chi connectivity index (χ0v) is 11.4. The molecule has 0 aromatic heterocycles. The van der Waals surface area contributed by atoms with Crippen LogP contribution in [0.15, 0.2) is 42.5 Å². The van der Waals surface area contributed by atoms with Crippen LogP contribution < -0.4 is 11.1 Å². The minimum Gasteiger partial charge on any atom is -0.366 e. The van der Waals surface area contributed by atoms with E-state index in [0.717, 1.165) is 11.3 Å². The molecule has 0 saturated heterocycles. The van der Waals surface area contributed by atoms with Crippen molar-refractivity contribution in [2.75, 3.05) is 5.32 Å². The molecule has 4 nitrogen and oxygen atoms in total. The van der Waals surface area contributed by atoms with E-state index in [0.29, 0.717) is 11.1 Å². The molecular formula is C16H16N2O2. The van der Waals surface area contributed by atoms with Crippen molar-refractivity contribution in [1.82, 2.24) is 0 Å². The number of carbonyl (C=O) groups excluding carboxylic acids is 2. The first-order chi connectivity index (χ1) is 9.47. The van der Waals surface area contributed by atoms with Gasteiger partial charge < -0.3 is 11.1 Å². The number of hydrogen-bond donors (Lipinski definition) is 2. The molecule has 0 spiro atoms. The molecule has 0 saturated carbocycles. The number of amides is 2. The van der Waals surface area contributed by atoms with E-state index in [1.54, 1.807) is 12.1 Å². The molecule has 2 aromatic rings. The molecule has 3 N–H and O–H groups in total. The molecular weight excluding hydrogens is 252 g/mol. The Bertz CT molecular complexity index is 661. The second-order valence-electron chi connectivity index (χ2n) is 4.69. The number of nitrogens with one attached hydrogen (secondary N) is 1. The van der Waals surface area contributed by atoms with Crippen LogP contribution in [0.3, 0.4) is 0 Å². The third-order valence-corrected chi connectivity index (χ3v) is 3.20. The Kier molecular flexibility index (Phi) is 3.84. The number of rotatable bonds is 3. The van der Waals surface area contributed by atoms with Crippen LogP contribution in [0.5, 0.6) is 0 Å². The lowest BCUT2D eigenvalue weighted by molar-refractivity contribution is 0.0995. The van der Waals surface area contributed by atoms with E-state index in [1.807, 2.05) is 32.0 Å². The van der Waals surface area contributed by atoms with Crippen molar-refractivity contribution in [1.29, 1.82) is 0 Å². The molecule has 0 unspecified atom stereocenters. The maximum atomic E-state index is 12.1. The first kappa shape index (κ1) is 13.8. The van der Waals surface area contributed by atoms with Crippen LogP contribution in [0.4, 0.5) is 5.69 Å². The highest BCUT2D eigenvalue weighted by Gasteiger charge is 2.07. The molecule has 0 aliphatic heterocycles. The third-order valence-electron chi connectivity index (χ3n) is 3.20. The summed E-state index contributed by atoms with van der Waals surface area (Å²) in [4.78, 5) is 23.0. The minimum atomic E-state index is -0.508. The van der Waals surface area contributed by atoms with Crippen LogP contribution in [0.25, 0.3) is 0 Å². The van der Waals surface area contributed by atoms with Crippen molar-refractivity contribution in [3.63, 3.8) is 0 Å². The van der Waals surface area contributed by atoms with E-state index in [1.165, 1.54) is 17.7 Å². The van der Waals surface area contributed by atoms with E-state index in [4.69, 9.17) is 5.73 Å². The summed E-state index contributed by atoms with van der Waals surface area (Å²) in [5.74, 6) is -0.726. The van der Waals surface area contributed by atoms with Crippen molar-refractivity contribution in [3.05, 3.63) is 64.7 Å². The van der Waals surface area contributed by atoms with Gasteiger partial charge in [-0.3, -0.25) is 9.59 Å². The number of benzene rings is 2. The first-order valence-corrected chi connectivity index (χ1v) is 6.26. The molecule has 4 heteroatoms. The second-order valence-corrected chi connectivity index (χ2v) is 4.69. The van der Waals surface area contributed by atoms with Crippen LogP contribution in [-0.4, -0.2) is 11.8 Å². The lowest BCUT2D eigenvalue weighted by Gasteiger charge is -2.08. The van der Waals surface area contributed by atoms with E-state index in [-0.39, 0.29) is 5.91 Å². The van der Waals surface area contributed by atoms with Crippen molar-refractivity contribution in [2.24, 2.45) is 5.73 Å². The summed E-state index contributed by atoms with van der Waals surface area (Å²) < 4.78 is 0. The van der Waals surface area contributed by atoms with Crippen LogP contribution in [0, 0.1) is 13.8 Å². The normalized spacial score (nSPS) is 10.1. The average Bonchev–Trinajstić information content (AvgIpc) is 2.43. The molecule has 0 aliphatic rings. The molecule has 0 heterocycles. The van der Waals surface area contributed by atoms with Gasteiger partial charge in [-0.1, -0.05) is 6.07 Å². The highest BCUT2D eigenvalue weighted by Crippen LogP contribution is 2.15. The van der Waals surface area contributed by atoms with Crippen molar-refractivity contribution in [2.45, 2.75) is 13.8 Å².